The summed E-state index contributed by atoms with van der Waals surface area (Å²) in [4.78, 5) is 20.5. The Morgan fingerprint density at radius 1 is 1.18 bits per heavy atom. The van der Waals surface area contributed by atoms with Crippen molar-refractivity contribution in [1.29, 1.82) is 0 Å². The topological polar surface area (TPSA) is 36.4 Å². The molecule has 1 aliphatic rings. The summed E-state index contributed by atoms with van der Waals surface area (Å²) in [6.07, 6.45) is -1.91. The van der Waals surface area contributed by atoms with Crippen LogP contribution in [0.4, 0.5) is 13.2 Å². The van der Waals surface area contributed by atoms with Gasteiger partial charge in [-0.3, -0.25) is 14.7 Å². The molecule has 28 heavy (non-hydrogen) atoms. The van der Waals surface area contributed by atoms with E-state index < -0.39 is 11.7 Å². The Kier molecular flexibility index (Phi) is 6.03. The first-order valence-electron chi connectivity index (χ1n) is 9.30. The Morgan fingerprint density at radius 2 is 1.89 bits per heavy atom. The minimum absolute atomic E-state index is 0.0628. The molecule has 1 amide bonds. The first kappa shape index (κ1) is 20.3. The largest absolute Gasteiger partial charge is 0.416 e. The number of amides is 1. The zero-order chi connectivity index (χ0) is 20.3. The molecule has 1 saturated heterocycles. The third kappa shape index (κ3) is 4.90. The van der Waals surface area contributed by atoms with E-state index in [9.17, 15) is 18.0 Å². The van der Waals surface area contributed by atoms with Crippen molar-refractivity contribution in [1.82, 2.24) is 14.8 Å². The second-order valence-electron chi connectivity index (χ2n) is 7.34. The zero-order valence-corrected chi connectivity index (χ0v) is 16.0. The Morgan fingerprint density at radius 3 is 2.54 bits per heavy atom. The number of benzene rings is 1. The van der Waals surface area contributed by atoms with E-state index in [4.69, 9.17) is 4.98 Å². The lowest BCUT2D eigenvalue weighted by Crippen LogP contribution is -2.36. The molecule has 150 valence electrons. The van der Waals surface area contributed by atoms with Gasteiger partial charge in [-0.25, -0.2) is 0 Å². The maximum atomic E-state index is 12.7. The smallest absolute Gasteiger partial charge is 0.348 e. The maximum Gasteiger partial charge on any atom is 0.416 e. The first-order chi connectivity index (χ1) is 13.2. The molecule has 0 saturated carbocycles. The predicted molar refractivity (Wildman–Crippen MR) is 101 cm³/mol. The van der Waals surface area contributed by atoms with Gasteiger partial charge in [-0.15, -0.1) is 0 Å². The summed E-state index contributed by atoms with van der Waals surface area (Å²) < 4.78 is 38.1. The van der Waals surface area contributed by atoms with E-state index in [1.165, 1.54) is 12.1 Å². The van der Waals surface area contributed by atoms with E-state index in [0.717, 1.165) is 48.5 Å². The molecule has 4 nitrogen and oxygen atoms in total. The summed E-state index contributed by atoms with van der Waals surface area (Å²) in [5.74, 6) is 0.0628. The Balaban J connectivity index is 1.72. The summed E-state index contributed by atoms with van der Waals surface area (Å²) in [6, 6.07) is 11.0. The highest BCUT2D eigenvalue weighted by molar-refractivity contribution is 5.77. The first-order valence-corrected chi connectivity index (χ1v) is 9.30. The Bertz CT molecular complexity index is 818. The van der Waals surface area contributed by atoms with Crippen LogP contribution in [-0.2, 0) is 17.4 Å². The molecule has 1 aromatic carbocycles. The number of rotatable bonds is 5. The lowest BCUT2D eigenvalue weighted by atomic mass is 10.1. The number of hydrogen-bond donors (Lipinski definition) is 0. The van der Waals surface area contributed by atoms with Crippen molar-refractivity contribution in [3.63, 3.8) is 0 Å². The molecule has 1 unspecified atom stereocenters. The van der Waals surface area contributed by atoms with Gasteiger partial charge in [0.1, 0.15) is 0 Å². The van der Waals surface area contributed by atoms with E-state index in [2.05, 4.69) is 4.90 Å². The van der Waals surface area contributed by atoms with E-state index in [1.54, 1.807) is 19.0 Å². The van der Waals surface area contributed by atoms with Gasteiger partial charge in [0.05, 0.1) is 23.8 Å². The molecule has 0 bridgehead atoms. The van der Waals surface area contributed by atoms with Crippen molar-refractivity contribution >= 4 is 5.91 Å². The van der Waals surface area contributed by atoms with Gasteiger partial charge in [0.25, 0.3) is 0 Å². The number of nitrogens with zero attached hydrogens (tertiary/aromatic N) is 3. The highest BCUT2D eigenvalue weighted by Gasteiger charge is 2.30. The van der Waals surface area contributed by atoms with Crippen molar-refractivity contribution in [3.8, 4) is 0 Å². The number of alkyl halides is 3. The number of likely N-dealkylation sites (N-methyl/N-ethyl adjacent to an activating group) is 1. The van der Waals surface area contributed by atoms with Crippen LogP contribution < -0.4 is 0 Å². The van der Waals surface area contributed by atoms with Crippen LogP contribution in [0.3, 0.4) is 0 Å². The van der Waals surface area contributed by atoms with Crippen LogP contribution in [0.25, 0.3) is 0 Å². The van der Waals surface area contributed by atoms with Gasteiger partial charge >= 0.3 is 6.18 Å². The number of halogens is 3. The number of likely N-dealkylation sites (tertiary alicyclic amines) is 1. The number of carbonyl (C=O) groups excluding carboxylic acids is 1. The molecule has 2 aromatic rings. The van der Waals surface area contributed by atoms with Crippen LogP contribution in [-0.4, -0.2) is 47.9 Å². The fourth-order valence-electron chi connectivity index (χ4n) is 3.47. The lowest BCUT2D eigenvalue weighted by Gasteiger charge is -2.25. The van der Waals surface area contributed by atoms with Gasteiger partial charge in [0.15, 0.2) is 0 Å². The fourth-order valence-corrected chi connectivity index (χ4v) is 3.47. The van der Waals surface area contributed by atoms with Crippen LogP contribution in [0, 0.1) is 0 Å². The van der Waals surface area contributed by atoms with Crippen LogP contribution in [0.2, 0.25) is 0 Å². The average Bonchev–Trinajstić information content (AvgIpc) is 3.09. The Labute approximate surface area is 163 Å². The molecule has 3 rings (SSSR count). The molecule has 0 spiro atoms. The van der Waals surface area contributed by atoms with E-state index in [0.29, 0.717) is 13.0 Å². The third-order valence-corrected chi connectivity index (χ3v) is 5.04. The summed E-state index contributed by atoms with van der Waals surface area (Å²) in [7, 11) is 3.49. The molecule has 7 heteroatoms. The van der Waals surface area contributed by atoms with Gasteiger partial charge in [0.2, 0.25) is 5.91 Å². The van der Waals surface area contributed by atoms with E-state index in [-0.39, 0.29) is 11.9 Å². The van der Waals surface area contributed by atoms with Crippen LogP contribution >= 0.6 is 0 Å². The summed E-state index contributed by atoms with van der Waals surface area (Å²) >= 11 is 0. The summed E-state index contributed by atoms with van der Waals surface area (Å²) in [5.41, 5.74) is 1.85. The second-order valence-corrected chi connectivity index (χ2v) is 7.34. The van der Waals surface area contributed by atoms with Gasteiger partial charge in [-0.1, -0.05) is 18.2 Å². The van der Waals surface area contributed by atoms with Crippen molar-refractivity contribution in [2.45, 2.75) is 31.5 Å². The quantitative estimate of drug-likeness (QED) is 0.775. The maximum absolute atomic E-state index is 12.7. The molecule has 1 fully saturated rings. The molecule has 0 radical (unpaired) electrons. The second kappa shape index (κ2) is 8.31. The number of aromatic nitrogens is 1. The molecular weight excluding hydrogens is 367 g/mol. The number of pyridine rings is 1. The zero-order valence-electron chi connectivity index (χ0n) is 16.0. The molecule has 0 N–H and O–H groups in total. The number of carbonyl (C=O) groups is 1. The summed E-state index contributed by atoms with van der Waals surface area (Å²) in [6.45, 7) is 1.22. The van der Waals surface area contributed by atoms with Crippen LogP contribution in [0.15, 0.2) is 42.5 Å². The molecule has 1 aromatic heterocycles. The van der Waals surface area contributed by atoms with Gasteiger partial charge in [-0.2, -0.15) is 13.2 Å². The fraction of sp³-hybridized carbons (Fsp3) is 0.429. The normalized spacial score (nSPS) is 17.7. The van der Waals surface area contributed by atoms with Crippen molar-refractivity contribution < 1.29 is 18.0 Å². The van der Waals surface area contributed by atoms with Crippen molar-refractivity contribution in [2.75, 3.05) is 27.2 Å². The summed E-state index contributed by atoms with van der Waals surface area (Å²) in [5, 5.41) is 0. The molecule has 1 aliphatic heterocycles. The standard InChI is InChI=1S/C21H24F3N3O/c1-26(2)20(28)14-27-12-4-7-19(27)18-6-3-5-17(25-18)13-15-8-10-16(11-9-15)21(22,23)24/h3,5-6,8-11,19H,4,7,12-14H2,1-2H3. The van der Waals surface area contributed by atoms with Crippen molar-refractivity contribution in [2.24, 2.45) is 0 Å². The SMILES string of the molecule is CN(C)C(=O)CN1CCCC1c1cccc(Cc2ccc(C(F)(F)F)cc2)n1. The number of hydrogen-bond acceptors (Lipinski definition) is 3. The lowest BCUT2D eigenvalue weighted by molar-refractivity contribution is -0.137. The molecule has 0 aliphatic carbocycles. The minimum atomic E-state index is -4.33. The van der Waals surface area contributed by atoms with E-state index in [1.807, 2.05) is 18.2 Å². The van der Waals surface area contributed by atoms with Gasteiger partial charge in [0, 0.05) is 26.2 Å². The van der Waals surface area contributed by atoms with Crippen LogP contribution in [0.1, 0.15) is 41.4 Å². The minimum Gasteiger partial charge on any atom is -0.348 e. The predicted octanol–water partition coefficient (Wildman–Crippen LogP) is 3.92. The highest BCUT2D eigenvalue weighted by Crippen LogP contribution is 2.31. The van der Waals surface area contributed by atoms with Gasteiger partial charge < -0.3 is 4.90 Å². The monoisotopic (exact) mass is 391 g/mol. The molecule has 1 atom stereocenters. The van der Waals surface area contributed by atoms with Crippen LogP contribution in [0.5, 0.6) is 0 Å². The average molecular weight is 391 g/mol. The Hall–Kier alpha value is -2.41. The van der Waals surface area contributed by atoms with Gasteiger partial charge in [-0.05, 0) is 49.2 Å². The molecular formula is C21H24F3N3O. The third-order valence-electron chi connectivity index (χ3n) is 5.04. The highest BCUT2D eigenvalue weighted by atomic mass is 19.4. The van der Waals surface area contributed by atoms with Crippen molar-refractivity contribution in [3.05, 3.63) is 65.0 Å². The van der Waals surface area contributed by atoms with E-state index >= 15 is 0 Å². The molecule has 2 heterocycles.